The molecule has 0 aromatic rings. The Hall–Kier alpha value is -0.980. The highest BCUT2D eigenvalue weighted by molar-refractivity contribution is 7.95. The lowest BCUT2D eigenvalue weighted by Gasteiger charge is -2.29. The second kappa shape index (κ2) is 3.88. The second-order valence-electron chi connectivity index (χ2n) is 3.57. The van der Waals surface area contributed by atoms with Crippen molar-refractivity contribution in [2.24, 2.45) is 4.99 Å². The number of nitrogens with one attached hydrogen (secondary N) is 3. The fraction of sp³-hybridized carbons (Fsp3) is 0.444. The molecule has 0 amide bonds. The van der Waals surface area contributed by atoms with Gasteiger partial charge in [0.25, 0.3) is 0 Å². The van der Waals surface area contributed by atoms with E-state index in [-0.39, 0.29) is 6.17 Å². The molecule has 15 heavy (non-hydrogen) atoms. The van der Waals surface area contributed by atoms with Gasteiger partial charge in [0, 0.05) is 18.6 Å². The second-order valence-corrected chi connectivity index (χ2v) is 4.38. The Labute approximate surface area is 93.0 Å². The SMILES string of the molecule is C1=CN2SNC=C2C(C2NCCCN2)=N1. The van der Waals surface area contributed by atoms with Gasteiger partial charge in [-0.05, 0) is 19.5 Å². The van der Waals surface area contributed by atoms with Crippen molar-refractivity contribution in [1.82, 2.24) is 19.7 Å². The van der Waals surface area contributed by atoms with Gasteiger partial charge in [-0.1, -0.05) is 0 Å². The first-order valence-corrected chi connectivity index (χ1v) is 5.86. The van der Waals surface area contributed by atoms with E-state index in [1.165, 1.54) is 6.42 Å². The third-order valence-electron chi connectivity index (χ3n) is 2.59. The van der Waals surface area contributed by atoms with Crippen LogP contribution in [-0.2, 0) is 0 Å². The van der Waals surface area contributed by atoms with Gasteiger partial charge in [-0.15, -0.1) is 0 Å². The zero-order chi connectivity index (χ0) is 10.1. The smallest absolute Gasteiger partial charge is 0.103 e. The molecule has 0 spiro atoms. The van der Waals surface area contributed by atoms with Crippen LogP contribution in [0.4, 0.5) is 0 Å². The molecule has 3 heterocycles. The van der Waals surface area contributed by atoms with Gasteiger partial charge in [0.2, 0.25) is 0 Å². The molecule has 1 saturated heterocycles. The van der Waals surface area contributed by atoms with Crippen molar-refractivity contribution in [1.29, 1.82) is 0 Å². The average molecular weight is 223 g/mol. The Kier molecular flexibility index (Phi) is 2.40. The van der Waals surface area contributed by atoms with Crippen molar-refractivity contribution in [3.05, 3.63) is 24.3 Å². The van der Waals surface area contributed by atoms with Crippen molar-refractivity contribution < 1.29 is 0 Å². The van der Waals surface area contributed by atoms with Crippen molar-refractivity contribution >= 4 is 17.8 Å². The maximum Gasteiger partial charge on any atom is 0.103 e. The first-order chi connectivity index (χ1) is 7.45. The lowest BCUT2D eigenvalue weighted by Crippen LogP contribution is -2.54. The van der Waals surface area contributed by atoms with Crippen LogP contribution in [0.3, 0.4) is 0 Å². The fourth-order valence-electron chi connectivity index (χ4n) is 1.86. The molecule has 0 aliphatic carbocycles. The summed E-state index contributed by atoms with van der Waals surface area (Å²) >= 11 is 1.56. The first kappa shape index (κ1) is 9.26. The van der Waals surface area contributed by atoms with Gasteiger partial charge in [0.15, 0.2) is 0 Å². The summed E-state index contributed by atoms with van der Waals surface area (Å²) in [6.45, 7) is 2.10. The molecular formula is C9H13N5S. The topological polar surface area (TPSA) is 51.7 Å². The maximum absolute atomic E-state index is 4.44. The van der Waals surface area contributed by atoms with Crippen LogP contribution in [0.5, 0.6) is 0 Å². The van der Waals surface area contributed by atoms with Crippen LogP contribution in [0, 0.1) is 0 Å². The highest BCUT2D eigenvalue weighted by Gasteiger charge is 2.28. The standard InChI is InChI=1S/C9H13N5S/c1-2-11-9(12-3-1)8-7-6-13-15-14(7)5-4-10-8/h4-6,9,11-13H,1-3H2. The Bertz CT molecular complexity index is 342. The predicted octanol–water partition coefficient (Wildman–Crippen LogP) is 0.131. The van der Waals surface area contributed by atoms with E-state index in [4.69, 9.17) is 0 Å². The molecule has 0 saturated carbocycles. The van der Waals surface area contributed by atoms with E-state index in [0.29, 0.717) is 0 Å². The largest absolute Gasteiger partial charge is 0.316 e. The zero-order valence-electron chi connectivity index (χ0n) is 8.23. The third-order valence-corrected chi connectivity index (χ3v) is 3.32. The Morgan fingerprint density at radius 3 is 3.13 bits per heavy atom. The van der Waals surface area contributed by atoms with E-state index in [2.05, 4.69) is 24.7 Å². The summed E-state index contributed by atoms with van der Waals surface area (Å²) in [5, 5.41) is 6.84. The minimum absolute atomic E-state index is 0.179. The fourth-order valence-corrected chi connectivity index (χ4v) is 2.50. The zero-order valence-corrected chi connectivity index (χ0v) is 9.05. The predicted molar refractivity (Wildman–Crippen MR) is 61.6 cm³/mol. The van der Waals surface area contributed by atoms with Crippen LogP contribution >= 0.6 is 12.1 Å². The number of aliphatic imine (C=N–C) groups is 1. The third kappa shape index (κ3) is 1.64. The Balaban J connectivity index is 1.84. The normalized spacial score (nSPS) is 25.7. The monoisotopic (exact) mass is 223 g/mol. The molecule has 0 aromatic heterocycles. The number of fused-ring (bicyclic) bond motifs is 1. The molecular weight excluding hydrogens is 210 g/mol. The van der Waals surface area contributed by atoms with Gasteiger partial charge in [-0.2, -0.15) is 0 Å². The number of rotatable bonds is 1. The molecule has 0 atom stereocenters. The molecule has 80 valence electrons. The van der Waals surface area contributed by atoms with Crippen LogP contribution < -0.4 is 15.4 Å². The molecule has 0 aromatic carbocycles. The van der Waals surface area contributed by atoms with Gasteiger partial charge in [0.05, 0.1) is 23.5 Å². The minimum Gasteiger partial charge on any atom is -0.316 e. The van der Waals surface area contributed by atoms with Crippen LogP contribution in [0.1, 0.15) is 6.42 Å². The minimum atomic E-state index is 0.179. The molecule has 1 fully saturated rings. The highest BCUT2D eigenvalue weighted by atomic mass is 32.2. The molecule has 0 bridgehead atoms. The maximum atomic E-state index is 4.44. The molecule has 3 rings (SSSR count). The summed E-state index contributed by atoms with van der Waals surface area (Å²) in [4.78, 5) is 4.44. The van der Waals surface area contributed by atoms with Crippen LogP contribution in [0.2, 0.25) is 0 Å². The highest BCUT2D eigenvalue weighted by Crippen LogP contribution is 2.26. The summed E-state index contributed by atoms with van der Waals surface area (Å²) in [7, 11) is 0. The molecule has 3 N–H and O–H groups in total. The summed E-state index contributed by atoms with van der Waals surface area (Å²) < 4.78 is 5.21. The van der Waals surface area contributed by atoms with Crippen molar-refractivity contribution in [3.8, 4) is 0 Å². The van der Waals surface area contributed by atoms with Crippen LogP contribution in [0.25, 0.3) is 0 Å². The van der Waals surface area contributed by atoms with Crippen LogP contribution in [0.15, 0.2) is 29.3 Å². The molecule has 3 aliphatic heterocycles. The molecule has 0 radical (unpaired) electrons. The summed E-state index contributed by atoms with van der Waals surface area (Å²) in [6.07, 6.45) is 7.14. The lowest BCUT2D eigenvalue weighted by molar-refractivity contribution is 0.440. The number of hydrogen-bond donors (Lipinski definition) is 3. The number of hydrogen-bond acceptors (Lipinski definition) is 6. The van der Waals surface area contributed by atoms with E-state index in [1.807, 2.05) is 18.6 Å². The summed E-state index contributed by atoms with van der Waals surface area (Å²) in [5.41, 5.74) is 2.20. The Morgan fingerprint density at radius 1 is 1.40 bits per heavy atom. The van der Waals surface area contributed by atoms with E-state index < -0.39 is 0 Å². The quantitative estimate of drug-likeness (QED) is 0.552. The van der Waals surface area contributed by atoms with E-state index in [0.717, 1.165) is 24.5 Å². The lowest BCUT2D eigenvalue weighted by atomic mass is 10.1. The van der Waals surface area contributed by atoms with Gasteiger partial charge in [-0.3, -0.25) is 19.9 Å². The van der Waals surface area contributed by atoms with Gasteiger partial charge in [-0.25, -0.2) is 0 Å². The molecule has 5 nitrogen and oxygen atoms in total. The van der Waals surface area contributed by atoms with E-state index >= 15 is 0 Å². The van der Waals surface area contributed by atoms with E-state index in [1.54, 1.807) is 12.1 Å². The van der Waals surface area contributed by atoms with Gasteiger partial charge in [0.1, 0.15) is 6.17 Å². The molecule has 6 heteroatoms. The summed E-state index contributed by atoms with van der Waals surface area (Å²) in [5.74, 6) is 0. The van der Waals surface area contributed by atoms with Crippen molar-refractivity contribution in [2.45, 2.75) is 12.6 Å². The molecule has 3 aliphatic rings. The van der Waals surface area contributed by atoms with Gasteiger partial charge >= 0.3 is 0 Å². The van der Waals surface area contributed by atoms with E-state index in [9.17, 15) is 0 Å². The number of nitrogens with zero attached hydrogens (tertiary/aromatic N) is 2. The first-order valence-electron chi connectivity index (χ1n) is 5.08. The molecule has 0 unspecified atom stereocenters. The van der Waals surface area contributed by atoms with Crippen LogP contribution in [-0.4, -0.2) is 29.3 Å². The van der Waals surface area contributed by atoms with Crippen molar-refractivity contribution in [3.63, 3.8) is 0 Å². The van der Waals surface area contributed by atoms with Gasteiger partial charge < -0.3 is 4.72 Å². The summed E-state index contributed by atoms with van der Waals surface area (Å²) in [6, 6.07) is 0. The average Bonchev–Trinajstić information content (AvgIpc) is 2.78. The van der Waals surface area contributed by atoms with Crippen molar-refractivity contribution in [2.75, 3.05) is 13.1 Å². The Morgan fingerprint density at radius 2 is 2.27 bits per heavy atom.